The number of hydrogen-bond acceptors (Lipinski definition) is 5. The Kier molecular flexibility index (Phi) is 7.15. The van der Waals surface area contributed by atoms with Crippen molar-refractivity contribution in [3.8, 4) is 0 Å². The Balaban J connectivity index is 1.64. The molecule has 0 unspecified atom stereocenters. The van der Waals surface area contributed by atoms with Crippen LogP contribution in [0.4, 0.5) is 8.78 Å². The first kappa shape index (κ1) is 20.2. The van der Waals surface area contributed by atoms with Crippen LogP contribution >= 0.6 is 0 Å². The standard InChI is InChI=1S/C20H28F2N2O3/c1-26-20(25)5-3-16-14-23(13-15-2-4-17(21)18(22)12-15)7-6-19(16)24-8-10-27-11-9-24/h2,4,12,16,19H,3,5-11,13-14H2,1H3/t16-,19+/m1/s1. The zero-order valence-electron chi connectivity index (χ0n) is 15.8. The summed E-state index contributed by atoms with van der Waals surface area (Å²) in [4.78, 5) is 16.4. The first-order valence-corrected chi connectivity index (χ1v) is 9.61. The summed E-state index contributed by atoms with van der Waals surface area (Å²) in [6.45, 7) is 5.65. The van der Waals surface area contributed by atoms with Crippen LogP contribution in [-0.4, -0.2) is 68.3 Å². The fraction of sp³-hybridized carbons (Fsp3) is 0.650. The molecule has 0 aromatic heterocycles. The van der Waals surface area contributed by atoms with E-state index in [-0.39, 0.29) is 5.97 Å². The number of piperidine rings is 1. The highest BCUT2D eigenvalue weighted by Gasteiger charge is 2.34. The maximum absolute atomic E-state index is 13.5. The molecule has 2 saturated heterocycles. The molecule has 27 heavy (non-hydrogen) atoms. The van der Waals surface area contributed by atoms with E-state index in [0.717, 1.165) is 57.8 Å². The molecule has 0 amide bonds. The molecule has 150 valence electrons. The third-order valence-corrected chi connectivity index (χ3v) is 5.63. The molecule has 1 aromatic carbocycles. The molecule has 5 nitrogen and oxygen atoms in total. The molecule has 1 aromatic rings. The van der Waals surface area contributed by atoms with E-state index in [1.807, 2.05) is 0 Å². The molecular formula is C20H28F2N2O3. The summed E-state index contributed by atoms with van der Waals surface area (Å²) in [5.41, 5.74) is 0.769. The number of benzene rings is 1. The fourth-order valence-electron chi connectivity index (χ4n) is 4.21. The summed E-state index contributed by atoms with van der Waals surface area (Å²) in [7, 11) is 1.41. The van der Waals surface area contributed by atoms with E-state index >= 15 is 0 Å². The molecule has 0 radical (unpaired) electrons. The molecule has 0 spiro atoms. The van der Waals surface area contributed by atoms with Crippen LogP contribution in [0.15, 0.2) is 18.2 Å². The number of ether oxygens (including phenoxy) is 2. The molecule has 2 aliphatic rings. The highest BCUT2D eigenvalue weighted by atomic mass is 19.2. The number of nitrogens with zero attached hydrogens (tertiary/aromatic N) is 2. The Bertz CT molecular complexity index is 638. The Morgan fingerprint density at radius 3 is 2.70 bits per heavy atom. The van der Waals surface area contributed by atoms with E-state index in [2.05, 4.69) is 9.80 Å². The second-order valence-corrected chi connectivity index (χ2v) is 7.36. The van der Waals surface area contributed by atoms with Crippen molar-refractivity contribution in [3.05, 3.63) is 35.4 Å². The number of esters is 1. The van der Waals surface area contributed by atoms with Crippen LogP contribution in [-0.2, 0) is 20.8 Å². The van der Waals surface area contributed by atoms with Gasteiger partial charge in [0.1, 0.15) is 0 Å². The third-order valence-electron chi connectivity index (χ3n) is 5.63. The lowest BCUT2D eigenvalue weighted by Crippen LogP contribution is -2.53. The normalized spacial score (nSPS) is 24.7. The van der Waals surface area contributed by atoms with E-state index in [1.54, 1.807) is 6.07 Å². The summed E-state index contributed by atoms with van der Waals surface area (Å²) in [6.07, 6.45) is 2.17. The molecule has 2 aliphatic heterocycles. The molecule has 0 N–H and O–H groups in total. The first-order chi connectivity index (χ1) is 13.1. The van der Waals surface area contributed by atoms with Crippen LogP contribution in [0.5, 0.6) is 0 Å². The number of likely N-dealkylation sites (tertiary alicyclic amines) is 1. The predicted octanol–water partition coefficient (Wildman–Crippen LogP) is 2.44. The quantitative estimate of drug-likeness (QED) is 0.707. The van der Waals surface area contributed by atoms with Crippen LogP contribution in [0.25, 0.3) is 0 Å². The molecule has 0 saturated carbocycles. The minimum Gasteiger partial charge on any atom is -0.469 e. The van der Waals surface area contributed by atoms with Gasteiger partial charge in [0.2, 0.25) is 0 Å². The Morgan fingerprint density at radius 1 is 1.22 bits per heavy atom. The van der Waals surface area contributed by atoms with E-state index in [1.165, 1.54) is 19.2 Å². The Labute approximate surface area is 159 Å². The zero-order chi connectivity index (χ0) is 19.2. The van der Waals surface area contributed by atoms with Crippen molar-refractivity contribution in [2.75, 3.05) is 46.5 Å². The van der Waals surface area contributed by atoms with Crippen LogP contribution in [0, 0.1) is 17.6 Å². The Hall–Kier alpha value is -1.57. The second kappa shape index (κ2) is 9.57. The van der Waals surface area contributed by atoms with Gasteiger partial charge in [-0.1, -0.05) is 6.07 Å². The lowest BCUT2D eigenvalue weighted by molar-refractivity contribution is -0.141. The van der Waals surface area contributed by atoms with Crippen LogP contribution in [0.2, 0.25) is 0 Å². The monoisotopic (exact) mass is 382 g/mol. The van der Waals surface area contributed by atoms with Crippen molar-refractivity contribution >= 4 is 5.97 Å². The lowest BCUT2D eigenvalue weighted by Gasteiger charge is -2.45. The molecule has 2 fully saturated rings. The molecule has 2 atom stereocenters. The van der Waals surface area contributed by atoms with Gasteiger partial charge in [-0.25, -0.2) is 8.78 Å². The van der Waals surface area contributed by atoms with Crippen LogP contribution in [0.1, 0.15) is 24.8 Å². The van der Waals surface area contributed by atoms with Crippen molar-refractivity contribution in [1.29, 1.82) is 0 Å². The van der Waals surface area contributed by atoms with Gasteiger partial charge in [-0.3, -0.25) is 14.6 Å². The van der Waals surface area contributed by atoms with Gasteiger partial charge in [0.25, 0.3) is 0 Å². The largest absolute Gasteiger partial charge is 0.469 e. The van der Waals surface area contributed by atoms with Gasteiger partial charge in [0.05, 0.1) is 20.3 Å². The van der Waals surface area contributed by atoms with E-state index in [0.29, 0.717) is 24.9 Å². The summed E-state index contributed by atoms with van der Waals surface area (Å²) in [6, 6.07) is 4.50. The minimum absolute atomic E-state index is 0.187. The Morgan fingerprint density at radius 2 is 2.00 bits per heavy atom. The van der Waals surface area contributed by atoms with Gasteiger partial charge < -0.3 is 9.47 Å². The number of carbonyl (C=O) groups excluding carboxylic acids is 1. The molecule has 2 heterocycles. The number of morpholine rings is 1. The van der Waals surface area contributed by atoms with Gasteiger partial charge in [0.15, 0.2) is 11.6 Å². The summed E-state index contributed by atoms with van der Waals surface area (Å²) in [5.74, 6) is -1.48. The predicted molar refractivity (Wildman–Crippen MR) is 97.2 cm³/mol. The third kappa shape index (κ3) is 5.46. The summed E-state index contributed by atoms with van der Waals surface area (Å²) >= 11 is 0. The number of methoxy groups -OCH3 is 1. The van der Waals surface area contributed by atoms with Crippen molar-refractivity contribution in [2.24, 2.45) is 5.92 Å². The average Bonchev–Trinajstić information content (AvgIpc) is 2.69. The maximum Gasteiger partial charge on any atom is 0.305 e. The van der Waals surface area contributed by atoms with E-state index in [4.69, 9.17) is 9.47 Å². The van der Waals surface area contributed by atoms with E-state index < -0.39 is 11.6 Å². The minimum atomic E-state index is -0.819. The van der Waals surface area contributed by atoms with Crippen molar-refractivity contribution in [3.63, 3.8) is 0 Å². The number of carbonyl (C=O) groups is 1. The summed E-state index contributed by atoms with van der Waals surface area (Å²) < 4.78 is 36.9. The number of hydrogen-bond donors (Lipinski definition) is 0. The highest BCUT2D eigenvalue weighted by molar-refractivity contribution is 5.69. The van der Waals surface area contributed by atoms with Crippen molar-refractivity contribution in [2.45, 2.75) is 31.8 Å². The first-order valence-electron chi connectivity index (χ1n) is 9.61. The van der Waals surface area contributed by atoms with Crippen molar-refractivity contribution in [1.82, 2.24) is 9.80 Å². The van der Waals surface area contributed by atoms with Gasteiger partial charge in [0, 0.05) is 38.6 Å². The SMILES string of the molecule is COC(=O)CC[C@@H]1CN(Cc2ccc(F)c(F)c2)CC[C@@H]1N1CCOCC1. The smallest absolute Gasteiger partial charge is 0.305 e. The van der Waals surface area contributed by atoms with Gasteiger partial charge in [-0.2, -0.15) is 0 Å². The number of halogens is 2. The van der Waals surface area contributed by atoms with Crippen LogP contribution in [0.3, 0.4) is 0 Å². The molecule has 3 rings (SSSR count). The number of rotatable bonds is 6. The second-order valence-electron chi connectivity index (χ2n) is 7.36. The van der Waals surface area contributed by atoms with Crippen LogP contribution < -0.4 is 0 Å². The van der Waals surface area contributed by atoms with E-state index in [9.17, 15) is 13.6 Å². The van der Waals surface area contributed by atoms with Crippen molar-refractivity contribution < 1.29 is 23.0 Å². The van der Waals surface area contributed by atoms with Gasteiger partial charge >= 0.3 is 5.97 Å². The molecular weight excluding hydrogens is 354 g/mol. The fourth-order valence-corrected chi connectivity index (χ4v) is 4.21. The van der Waals surface area contributed by atoms with Gasteiger partial charge in [-0.05, 0) is 43.0 Å². The lowest BCUT2D eigenvalue weighted by atomic mass is 9.86. The summed E-state index contributed by atoms with van der Waals surface area (Å²) in [5, 5.41) is 0. The van der Waals surface area contributed by atoms with Gasteiger partial charge in [-0.15, -0.1) is 0 Å². The molecule has 7 heteroatoms. The molecule has 0 aliphatic carbocycles. The average molecular weight is 382 g/mol. The zero-order valence-corrected chi connectivity index (χ0v) is 15.8. The molecule has 0 bridgehead atoms. The topological polar surface area (TPSA) is 42.0 Å². The highest BCUT2D eigenvalue weighted by Crippen LogP contribution is 2.28. The maximum atomic E-state index is 13.5.